The molecule has 0 aliphatic rings. The minimum atomic E-state index is -1.31. The van der Waals surface area contributed by atoms with Crippen LogP contribution in [-0.2, 0) is 0 Å². The zero-order valence-electron chi connectivity index (χ0n) is 6.45. The van der Waals surface area contributed by atoms with E-state index in [9.17, 15) is 4.79 Å². The third kappa shape index (κ3) is 3.58. The molecule has 12 heavy (non-hydrogen) atoms. The third-order valence-electron chi connectivity index (χ3n) is 1.03. The maximum absolute atomic E-state index is 10.1. The van der Waals surface area contributed by atoms with Gasteiger partial charge in [-0.1, -0.05) is 12.1 Å². The Hall–Kier alpha value is -0.0300. The van der Waals surface area contributed by atoms with Crippen LogP contribution in [0.2, 0.25) is 0 Å². The first-order chi connectivity index (χ1) is 5.20. The first kappa shape index (κ1) is 12.0. The van der Waals surface area contributed by atoms with Gasteiger partial charge in [0.15, 0.2) is 0 Å². The molecule has 0 spiro atoms. The van der Waals surface area contributed by atoms with E-state index >= 15 is 0 Å². The Kier molecular flexibility index (Phi) is 5.57. The molecule has 0 amide bonds. The molecule has 59 valence electrons. The minimum absolute atomic E-state index is 0. The summed E-state index contributed by atoms with van der Waals surface area (Å²) in [5, 5.41) is 8.25. The molecule has 0 heterocycles. The van der Waals surface area contributed by atoms with Gasteiger partial charge < -0.3 is 9.84 Å². The van der Waals surface area contributed by atoms with Crippen molar-refractivity contribution >= 4 is 51.6 Å². The number of carboxylic acid groups (broad SMARTS) is 1. The number of benzene rings is 1. The average Bonchev–Trinajstić information content (AvgIpc) is 1.93. The van der Waals surface area contributed by atoms with Gasteiger partial charge in [-0.05, 0) is 28.1 Å². The van der Waals surface area contributed by atoms with Crippen LogP contribution in [0.4, 0.5) is 4.79 Å². The molecule has 0 bridgehead atoms. The van der Waals surface area contributed by atoms with Crippen LogP contribution in [-0.4, -0.2) is 40.8 Å². The molecule has 5 heteroatoms. The van der Waals surface area contributed by atoms with Crippen LogP contribution in [0.15, 0.2) is 28.7 Å². The van der Waals surface area contributed by atoms with Gasteiger partial charge in [-0.2, -0.15) is 0 Å². The van der Waals surface area contributed by atoms with Crippen molar-refractivity contribution in [2.45, 2.75) is 0 Å². The molecule has 0 aliphatic carbocycles. The van der Waals surface area contributed by atoms with Gasteiger partial charge in [-0.15, -0.1) is 0 Å². The Balaban J connectivity index is 0.00000121. The summed E-state index contributed by atoms with van der Waals surface area (Å²) in [7, 11) is 0. The molecule has 0 atom stereocenters. The summed E-state index contributed by atoms with van der Waals surface area (Å²) < 4.78 is 5.04. The normalized spacial score (nSPS) is 8.42. The maximum Gasteiger partial charge on any atom is 0.511 e. The van der Waals surface area contributed by atoms with E-state index in [0.29, 0.717) is 10.2 Å². The van der Waals surface area contributed by atoms with Crippen LogP contribution in [0.25, 0.3) is 0 Å². The van der Waals surface area contributed by atoms with E-state index in [4.69, 9.17) is 5.11 Å². The van der Waals surface area contributed by atoms with Gasteiger partial charge in [0, 0.05) is 29.6 Å². The van der Waals surface area contributed by atoms with E-state index in [1.807, 2.05) is 0 Å². The fraction of sp³-hybridized carbons (Fsp3) is 0. The van der Waals surface area contributed by atoms with Gasteiger partial charge in [0.25, 0.3) is 0 Å². The van der Waals surface area contributed by atoms with Gasteiger partial charge in [0.05, 0.1) is 4.47 Å². The number of carbonyl (C=O) groups is 1. The summed E-state index contributed by atoms with van der Waals surface area (Å²) >= 11 is 3.14. The van der Waals surface area contributed by atoms with Gasteiger partial charge >= 0.3 is 6.16 Å². The van der Waals surface area contributed by atoms with Crippen molar-refractivity contribution in [2.75, 3.05) is 0 Å². The van der Waals surface area contributed by atoms with E-state index in [0.717, 1.165) is 0 Å². The summed E-state index contributed by atoms with van der Waals surface area (Å²) in [6.45, 7) is 0. The number of hydrogen-bond donors (Lipinski definition) is 1. The predicted octanol–water partition coefficient (Wildman–Crippen LogP) is 2.13. The summed E-state index contributed by atoms with van der Waals surface area (Å²) in [5.41, 5.74) is 0. The van der Waals surface area contributed by atoms with Crippen LogP contribution in [0, 0.1) is 0 Å². The minimum Gasteiger partial charge on any atom is -0.449 e. The van der Waals surface area contributed by atoms with Gasteiger partial charge in [-0.3, -0.25) is 0 Å². The number of para-hydroxylation sites is 1. The van der Waals surface area contributed by atoms with Crippen molar-refractivity contribution in [3.63, 3.8) is 0 Å². The third-order valence-corrected chi connectivity index (χ3v) is 1.69. The van der Waals surface area contributed by atoms with E-state index in [1.165, 1.54) is 0 Å². The second-order valence-corrected chi connectivity index (χ2v) is 2.65. The summed E-state index contributed by atoms with van der Waals surface area (Å²) in [4.78, 5) is 10.1. The van der Waals surface area contributed by atoms with Crippen LogP contribution >= 0.6 is 15.9 Å². The van der Waals surface area contributed by atoms with Gasteiger partial charge in [0.1, 0.15) is 5.75 Å². The SMILES string of the molecule is O=C(O)Oc1ccccc1Br.[Na]. The number of hydrogen-bond acceptors (Lipinski definition) is 2. The Morgan fingerprint density at radius 2 is 2.00 bits per heavy atom. The van der Waals surface area contributed by atoms with Crippen LogP contribution in [0.3, 0.4) is 0 Å². The topological polar surface area (TPSA) is 46.5 Å². The van der Waals surface area contributed by atoms with Crippen LogP contribution in [0.1, 0.15) is 0 Å². The van der Waals surface area contributed by atoms with E-state index in [-0.39, 0.29) is 29.6 Å². The van der Waals surface area contributed by atoms with Crippen molar-refractivity contribution in [3.8, 4) is 5.75 Å². The molecule has 0 saturated heterocycles. The Bertz CT molecular complexity index is 277. The molecule has 1 aromatic carbocycles. The van der Waals surface area contributed by atoms with Crippen molar-refractivity contribution in [1.82, 2.24) is 0 Å². The molecular weight excluding hydrogens is 235 g/mol. The molecule has 3 nitrogen and oxygen atoms in total. The number of halogens is 1. The van der Waals surface area contributed by atoms with Gasteiger partial charge in [-0.25, -0.2) is 4.79 Å². The Labute approximate surface area is 100 Å². The number of rotatable bonds is 1. The first-order valence-corrected chi connectivity index (χ1v) is 3.65. The zero-order chi connectivity index (χ0) is 8.27. The van der Waals surface area contributed by atoms with E-state index in [2.05, 4.69) is 20.7 Å². The molecule has 0 saturated carbocycles. The standard InChI is InChI=1S/C7H5BrO3.Na/c8-5-3-1-2-4-6(5)11-7(9)10;/h1-4H,(H,9,10);. The monoisotopic (exact) mass is 239 g/mol. The molecular formula is C7H5BrNaO3. The summed E-state index contributed by atoms with van der Waals surface area (Å²) in [5.74, 6) is 0.306. The fourth-order valence-corrected chi connectivity index (χ4v) is 0.987. The molecule has 1 N–H and O–H groups in total. The quantitative estimate of drug-likeness (QED) is 0.464. The molecule has 1 radical (unpaired) electrons. The molecule has 0 fully saturated rings. The second-order valence-electron chi connectivity index (χ2n) is 1.80. The average molecular weight is 240 g/mol. The molecule has 0 aromatic heterocycles. The molecule has 0 unspecified atom stereocenters. The first-order valence-electron chi connectivity index (χ1n) is 2.85. The van der Waals surface area contributed by atoms with Crippen molar-refractivity contribution in [1.29, 1.82) is 0 Å². The summed E-state index contributed by atoms with van der Waals surface area (Å²) in [6.07, 6.45) is -1.31. The zero-order valence-corrected chi connectivity index (χ0v) is 10.0. The fourth-order valence-electron chi connectivity index (χ4n) is 0.622. The number of ether oxygens (including phenoxy) is 1. The largest absolute Gasteiger partial charge is 0.511 e. The molecule has 0 aliphatic heterocycles. The smallest absolute Gasteiger partial charge is 0.449 e. The van der Waals surface area contributed by atoms with E-state index < -0.39 is 6.16 Å². The second kappa shape index (κ2) is 5.59. The van der Waals surface area contributed by atoms with Crippen molar-refractivity contribution < 1.29 is 14.6 Å². The van der Waals surface area contributed by atoms with Crippen LogP contribution in [0.5, 0.6) is 5.75 Å². The van der Waals surface area contributed by atoms with Crippen molar-refractivity contribution in [2.24, 2.45) is 0 Å². The summed E-state index contributed by atoms with van der Waals surface area (Å²) in [6, 6.07) is 6.75. The Morgan fingerprint density at radius 3 is 2.50 bits per heavy atom. The van der Waals surface area contributed by atoms with E-state index in [1.54, 1.807) is 24.3 Å². The molecule has 1 aromatic rings. The predicted molar refractivity (Wildman–Crippen MR) is 48.5 cm³/mol. The van der Waals surface area contributed by atoms with Crippen molar-refractivity contribution in [3.05, 3.63) is 28.7 Å². The van der Waals surface area contributed by atoms with Gasteiger partial charge in [0.2, 0.25) is 0 Å². The Morgan fingerprint density at radius 1 is 1.42 bits per heavy atom. The molecule has 1 rings (SSSR count). The maximum atomic E-state index is 10.1. The van der Waals surface area contributed by atoms with Crippen LogP contribution < -0.4 is 4.74 Å².